The third kappa shape index (κ3) is 3.93. The summed E-state index contributed by atoms with van der Waals surface area (Å²) in [5.41, 5.74) is 1.34. The molecule has 1 aliphatic heterocycles. The minimum absolute atomic E-state index is 0.0809. The zero-order chi connectivity index (χ0) is 17.7. The zero-order valence-electron chi connectivity index (χ0n) is 14.4. The van der Waals surface area contributed by atoms with Crippen molar-refractivity contribution in [2.75, 3.05) is 25.0 Å². The molecule has 3 heterocycles. The Bertz CT molecular complexity index is 701. The van der Waals surface area contributed by atoms with Crippen LogP contribution in [-0.4, -0.2) is 50.6 Å². The van der Waals surface area contributed by atoms with Crippen molar-refractivity contribution in [3.05, 3.63) is 48.0 Å². The monoisotopic (exact) mass is 341 g/mol. The number of nitrogens with zero attached hydrogens (tertiary/aromatic N) is 4. The normalized spacial score (nSPS) is 19.8. The predicted molar refractivity (Wildman–Crippen MR) is 93.9 cm³/mol. The molecule has 3 rings (SSSR count). The van der Waals surface area contributed by atoms with Gasteiger partial charge in [-0.15, -0.1) is 0 Å². The van der Waals surface area contributed by atoms with Crippen molar-refractivity contribution in [3.8, 4) is 0 Å². The number of likely N-dealkylation sites (tertiary alicyclic amines) is 1. The van der Waals surface area contributed by atoms with E-state index in [4.69, 9.17) is 0 Å². The average molecular weight is 341 g/mol. The molecular weight excluding hydrogens is 318 g/mol. The summed E-state index contributed by atoms with van der Waals surface area (Å²) >= 11 is 0. The highest BCUT2D eigenvalue weighted by molar-refractivity contribution is 5.93. The van der Waals surface area contributed by atoms with Crippen LogP contribution < -0.4 is 5.32 Å². The Morgan fingerprint density at radius 2 is 2.16 bits per heavy atom. The van der Waals surface area contributed by atoms with Crippen molar-refractivity contribution < 1.29 is 9.90 Å². The van der Waals surface area contributed by atoms with Gasteiger partial charge < -0.3 is 15.3 Å². The number of pyridine rings is 1. The molecular formula is C18H23N5O2. The number of carbonyl (C=O) groups excluding carboxylic acids is 1. The van der Waals surface area contributed by atoms with E-state index in [1.54, 1.807) is 29.7 Å². The lowest BCUT2D eigenvalue weighted by Gasteiger charge is -2.25. The van der Waals surface area contributed by atoms with Crippen LogP contribution in [-0.2, 0) is 6.54 Å². The summed E-state index contributed by atoms with van der Waals surface area (Å²) in [4.78, 5) is 26.9. The molecule has 0 aromatic carbocycles. The summed E-state index contributed by atoms with van der Waals surface area (Å²) in [7, 11) is 0. The van der Waals surface area contributed by atoms with Crippen LogP contribution in [0, 0.1) is 5.41 Å². The second kappa shape index (κ2) is 7.57. The van der Waals surface area contributed by atoms with Gasteiger partial charge in [-0.3, -0.25) is 9.78 Å². The highest BCUT2D eigenvalue weighted by atomic mass is 16.3. The van der Waals surface area contributed by atoms with Gasteiger partial charge in [-0.05, 0) is 24.5 Å². The Morgan fingerprint density at radius 3 is 2.76 bits per heavy atom. The van der Waals surface area contributed by atoms with E-state index in [0.717, 1.165) is 18.4 Å². The molecule has 0 radical (unpaired) electrons. The molecule has 2 aromatic rings. The van der Waals surface area contributed by atoms with Crippen LogP contribution in [0.15, 0.2) is 36.9 Å². The van der Waals surface area contributed by atoms with E-state index in [0.29, 0.717) is 31.1 Å². The molecule has 25 heavy (non-hydrogen) atoms. The number of hydrogen-bond donors (Lipinski definition) is 2. The van der Waals surface area contributed by atoms with Gasteiger partial charge in [-0.25, -0.2) is 9.97 Å². The standard InChI is InChI=1S/C18H23N5O2/c1-2-18(13-24)5-7-23(12-18)16(25)15-10-21-17(22-11-15)20-9-14-4-3-6-19-8-14/h3-4,6,8,10-11,24H,2,5,7,9,12-13H2,1H3,(H,20,21,22). The molecule has 1 atom stereocenters. The third-order valence-corrected chi connectivity index (χ3v) is 4.88. The van der Waals surface area contributed by atoms with E-state index >= 15 is 0 Å². The number of amides is 1. The molecule has 0 saturated carbocycles. The van der Waals surface area contributed by atoms with Crippen LogP contribution in [0.25, 0.3) is 0 Å². The smallest absolute Gasteiger partial charge is 0.257 e. The summed E-state index contributed by atoms with van der Waals surface area (Å²) in [6, 6.07) is 3.84. The third-order valence-electron chi connectivity index (χ3n) is 4.88. The highest BCUT2D eigenvalue weighted by Crippen LogP contribution is 2.33. The molecule has 7 heteroatoms. The van der Waals surface area contributed by atoms with Crippen LogP contribution in [0.3, 0.4) is 0 Å². The van der Waals surface area contributed by atoms with Gasteiger partial charge in [-0.2, -0.15) is 0 Å². The van der Waals surface area contributed by atoms with Crippen molar-refractivity contribution >= 4 is 11.9 Å². The molecule has 2 aromatic heterocycles. The van der Waals surface area contributed by atoms with Crippen LogP contribution in [0.4, 0.5) is 5.95 Å². The number of hydrogen-bond acceptors (Lipinski definition) is 6. The molecule has 1 amide bonds. The maximum atomic E-state index is 12.6. The average Bonchev–Trinajstić information content (AvgIpc) is 3.12. The minimum atomic E-state index is -0.165. The zero-order valence-corrected chi connectivity index (χ0v) is 14.4. The number of nitrogens with one attached hydrogen (secondary N) is 1. The number of aliphatic hydroxyl groups excluding tert-OH is 1. The summed E-state index contributed by atoms with van der Waals surface area (Å²) in [6.45, 7) is 3.98. The van der Waals surface area contributed by atoms with E-state index in [1.807, 2.05) is 12.1 Å². The van der Waals surface area contributed by atoms with E-state index in [1.165, 1.54) is 0 Å². The lowest BCUT2D eigenvalue weighted by Crippen LogP contribution is -2.33. The second-order valence-corrected chi connectivity index (χ2v) is 6.50. The molecule has 7 nitrogen and oxygen atoms in total. The molecule has 0 aliphatic carbocycles. The first-order valence-electron chi connectivity index (χ1n) is 8.51. The molecule has 1 aliphatic rings. The van der Waals surface area contributed by atoms with Gasteiger partial charge in [0.2, 0.25) is 5.95 Å². The van der Waals surface area contributed by atoms with Gasteiger partial charge in [0.25, 0.3) is 5.91 Å². The fourth-order valence-corrected chi connectivity index (χ4v) is 3.03. The number of aromatic nitrogens is 3. The number of rotatable bonds is 6. The van der Waals surface area contributed by atoms with Crippen molar-refractivity contribution in [3.63, 3.8) is 0 Å². The van der Waals surface area contributed by atoms with Crippen LogP contribution in [0.5, 0.6) is 0 Å². The molecule has 0 spiro atoms. The quantitative estimate of drug-likeness (QED) is 0.831. The Hall–Kier alpha value is -2.54. The predicted octanol–water partition coefficient (Wildman–Crippen LogP) is 1.72. The van der Waals surface area contributed by atoms with Crippen molar-refractivity contribution in [2.45, 2.75) is 26.3 Å². The molecule has 0 bridgehead atoms. The van der Waals surface area contributed by atoms with Gasteiger partial charge in [0.05, 0.1) is 12.2 Å². The first kappa shape index (κ1) is 17.3. The van der Waals surface area contributed by atoms with Crippen LogP contribution in [0.1, 0.15) is 35.7 Å². The summed E-state index contributed by atoms with van der Waals surface area (Å²) < 4.78 is 0. The van der Waals surface area contributed by atoms with E-state index < -0.39 is 0 Å². The fraction of sp³-hybridized carbons (Fsp3) is 0.444. The summed E-state index contributed by atoms with van der Waals surface area (Å²) in [5.74, 6) is 0.391. The van der Waals surface area contributed by atoms with Crippen LogP contribution in [0.2, 0.25) is 0 Å². The lowest BCUT2D eigenvalue weighted by atomic mass is 9.85. The maximum Gasteiger partial charge on any atom is 0.257 e. The lowest BCUT2D eigenvalue weighted by molar-refractivity contribution is 0.0735. The van der Waals surface area contributed by atoms with Crippen LogP contribution >= 0.6 is 0 Å². The van der Waals surface area contributed by atoms with E-state index in [9.17, 15) is 9.90 Å². The van der Waals surface area contributed by atoms with Gasteiger partial charge >= 0.3 is 0 Å². The first-order chi connectivity index (χ1) is 12.2. The molecule has 2 N–H and O–H groups in total. The number of anilines is 1. The molecule has 1 fully saturated rings. The second-order valence-electron chi connectivity index (χ2n) is 6.50. The van der Waals surface area contributed by atoms with E-state index in [-0.39, 0.29) is 17.9 Å². The fourth-order valence-electron chi connectivity index (χ4n) is 3.03. The highest BCUT2D eigenvalue weighted by Gasteiger charge is 2.38. The van der Waals surface area contributed by atoms with Crippen molar-refractivity contribution in [2.24, 2.45) is 5.41 Å². The van der Waals surface area contributed by atoms with Crippen molar-refractivity contribution in [1.82, 2.24) is 19.9 Å². The van der Waals surface area contributed by atoms with E-state index in [2.05, 4.69) is 27.2 Å². The number of aliphatic hydroxyl groups is 1. The minimum Gasteiger partial charge on any atom is -0.396 e. The largest absolute Gasteiger partial charge is 0.396 e. The van der Waals surface area contributed by atoms with Gasteiger partial charge in [0, 0.05) is 49.8 Å². The van der Waals surface area contributed by atoms with Gasteiger partial charge in [-0.1, -0.05) is 13.0 Å². The van der Waals surface area contributed by atoms with Crippen molar-refractivity contribution in [1.29, 1.82) is 0 Å². The first-order valence-corrected chi connectivity index (χ1v) is 8.51. The molecule has 1 unspecified atom stereocenters. The maximum absolute atomic E-state index is 12.6. The SMILES string of the molecule is CCC1(CO)CCN(C(=O)c2cnc(NCc3cccnc3)nc2)C1. The Balaban J connectivity index is 1.59. The van der Waals surface area contributed by atoms with Gasteiger partial charge in [0.15, 0.2) is 0 Å². The topological polar surface area (TPSA) is 91.2 Å². The Morgan fingerprint density at radius 1 is 1.36 bits per heavy atom. The molecule has 132 valence electrons. The Kier molecular flexibility index (Phi) is 5.23. The van der Waals surface area contributed by atoms with Gasteiger partial charge in [0.1, 0.15) is 0 Å². The number of carbonyl (C=O) groups is 1. The molecule has 1 saturated heterocycles. The summed E-state index contributed by atoms with van der Waals surface area (Å²) in [6.07, 6.45) is 8.29. The Labute approximate surface area is 147 Å². The summed E-state index contributed by atoms with van der Waals surface area (Å²) in [5, 5.41) is 12.7.